The zero-order valence-electron chi connectivity index (χ0n) is 13.4. The highest BCUT2D eigenvalue weighted by Gasteiger charge is 2.22. The van der Waals surface area contributed by atoms with Gasteiger partial charge >= 0.3 is 0 Å². The molecule has 0 radical (unpaired) electrons. The molecule has 0 aromatic heterocycles. The minimum absolute atomic E-state index is 0.0416. The van der Waals surface area contributed by atoms with E-state index in [4.69, 9.17) is 11.6 Å². The molecule has 2 rings (SSSR count). The quantitative estimate of drug-likeness (QED) is 0.889. The summed E-state index contributed by atoms with van der Waals surface area (Å²) in [5.74, 6) is -0.388. The van der Waals surface area contributed by atoms with Crippen LogP contribution < -0.4 is 4.72 Å². The average Bonchev–Trinajstić information content (AvgIpc) is 2.47. The van der Waals surface area contributed by atoms with Gasteiger partial charge in [-0.15, -0.1) is 0 Å². The minimum Gasteiger partial charge on any atom is -0.214 e. The van der Waals surface area contributed by atoms with Gasteiger partial charge in [0, 0.05) is 16.1 Å². The van der Waals surface area contributed by atoms with Gasteiger partial charge in [0.2, 0.25) is 10.0 Å². The Morgan fingerprint density at radius 3 is 2.30 bits per heavy atom. The number of hydrogen-bond donors (Lipinski definition) is 1. The molecule has 0 aliphatic carbocycles. The molecule has 3 nitrogen and oxygen atoms in total. The molecular weight excluding hydrogens is 337 g/mol. The normalized spacial score (nSPS) is 12.4. The molecule has 0 saturated heterocycles. The topological polar surface area (TPSA) is 46.2 Å². The van der Waals surface area contributed by atoms with Crippen LogP contribution in [0.3, 0.4) is 0 Å². The van der Waals surface area contributed by atoms with E-state index in [1.165, 1.54) is 25.2 Å². The summed E-state index contributed by atoms with van der Waals surface area (Å²) in [7, 11) is -2.30. The van der Waals surface area contributed by atoms with Crippen LogP contribution in [0.2, 0.25) is 5.02 Å². The summed E-state index contributed by atoms with van der Waals surface area (Å²) in [6.45, 7) is 5.75. The highest BCUT2D eigenvalue weighted by molar-refractivity contribution is 7.89. The largest absolute Gasteiger partial charge is 0.240 e. The summed E-state index contributed by atoms with van der Waals surface area (Å²) in [6, 6.07) is 9.31. The van der Waals surface area contributed by atoms with Crippen LogP contribution in [0.25, 0.3) is 11.1 Å². The molecule has 0 aliphatic rings. The molecule has 1 N–H and O–H groups in total. The molecule has 0 bridgehead atoms. The van der Waals surface area contributed by atoms with Gasteiger partial charge in [0.25, 0.3) is 0 Å². The van der Waals surface area contributed by atoms with Crippen molar-refractivity contribution in [1.29, 1.82) is 0 Å². The maximum Gasteiger partial charge on any atom is 0.240 e. The SMILES string of the molecule is CNS(=O)(=O)c1ccc(Cl)c(-c2cccc(C(C)(C)C)c2F)c1. The fourth-order valence-corrected chi connectivity index (χ4v) is 3.29. The molecule has 2 aromatic carbocycles. The van der Waals surface area contributed by atoms with Crippen molar-refractivity contribution < 1.29 is 12.8 Å². The predicted octanol–water partition coefficient (Wildman–Crippen LogP) is 4.35. The second kappa shape index (κ2) is 6.23. The summed E-state index contributed by atoms with van der Waals surface area (Å²) in [6.07, 6.45) is 0. The van der Waals surface area contributed by atoms with E-state index < -0.39 is 10.0 Å². The Balaban J connectivity index is 2.71. The second-order valence-electron chi connectivity index (χ2n) is 6.27. The third kappa shape index (κ3) is 3.57. The van der Waals surface area contributed by atoms with Gasteiger partial charge in [-0.1, -0.05) is 50.6 Å². The Bertz CT molecular complexity index is 842. The van der Waals surface area contributed by atoms with Crippen molar-refractivity contribution >= 4 is 21.6 Å². The number of rotatable bonds is 3. The van der Waals surface area contributed by atoms with Gasteiger partial charge in [-0.3, -0.25) is 0 Å². The first-order valence-corrected chi connectivity index (χ1v) is 8.96. The lowest BCUT2D eigenvalue weighted by atomic mass is 9.85. The van der Waals surface area contributed by atoms with Gasteiger partial charge < -0.3 is 0 Å². The number of hydrogen-bond acceptors (Lipinski definition) is 2. The second-order valence-corrected chi connectivity index (χ2v) is 8.56. The molecule has 0 amide bonds. The van der Waals surface area contributed by atoms with Crippen LogP contribution in [0.15, 0.2) is 41.3 Å². The van der Waals surface area contributed by atoms with E-state index in [1.54, 1.807) is 18.2 Å². The van der Waals surface area contributed by atoms with E-state index in [-0.39, 0.29) is 21.7 Å². The van der Waals surface area contributed by atoms with Crippen LogP contribution in [0.5, 0.6) is 0 Å². The summed E-state index contributed by atoms with van der Waals surface area (Å²) in [5.41, 5.74) is 0.816. The van der Waals surface area contributed by atoms with Crippen LogP contribution in [0.1, 0.15) is 26.3 Å². The molecule has 0 heterocycles. The van der Waals surface area contributed by atoms with E-state index in [2.05, 4.69) is 4.72 Å². The Morgan fingerprint density at radius 1 is 1.09 bits per heavy atom. The zero-order valence-corrected chi connectivity index (χ0v) is 15.0. The lowest BCUT2D eigenvalue weighted by molar-refractivity contribution is 0.525. The molecule has 6 heteroatoms. The van der Waals surface area contributed by atoms with Crippen LogP contribution in [-0.2, 0) is 15.4 Å². The fourth-order valence-electron chi connectivity index (χ4n) is 2.32. The summed E-state index contributed by atoms with van der Waals surface area (Å²) in [5, 5.41) is 0.296. The highest BCUT2D eigenvalue weighted by atomic mass is 35.5. The van der Waals surface area contributed by atoms with Crippen molar-refractivity contribution in [3.05, 3.63) is 52.8 Å². The van der Waals surface area contributed by atoms with E-state index >= 15 is 0 Å². The van der Waals surface area contributed by atoms with Gasteiger partial charge in [0.15, 0.2) is 0 Å². The molecule has 0 atom stereocenters. The summed E-state index contributed by atoms with van der Waals surface area (Å²) >= 11 is 6.18. The first kappa shape index (κ1) is 17.9. The van der Waals surface area contributed by atoms with Gasteiger partial charge in [-0.05, 0) is 36.2 Å². The average molecular weight is 356 g/mol. The predicted molar refractivity (Wildman–Crippen MR) is 91.8 cm³/mol. The van der Waals surface area contributed by atoms with Crippen LogP contribution in [0.4, 0.5) is 4.39 Å². The minimum atomic E-state index is -3.63. The van der Waals surface area contributed by atoms with Gasteiger partial charge in [0.05, 0.1) is 4.90 Å². The number of nitrogens with one attached hydrogen (secondary N) is 1. The molecule has 0 spiro atoms. The molecule has 23 heavy (non-hydrogen) atoms. The lowest BCUT2D eigenvalue weighted by Gasteiger charge is -2.21. The number of sulfonamides is 1. The van der Waals surface area contributed by atoms with Crippen molar-refractivity contribution in [3.8, 4) is 11.1 Å². The molecule has 0 saturated carbocycles. The monoisotopic (exact) mass is 355 g/mol. The van der Waals surface area contributed by atoms with Crippen molar-refractivity contribution in [2.45, 2.75) is 31.1 Å². The highest BCUT2D eigenvalue weighted by Crippen LogP contribution is 2.36. The Hall–Kier alpha value is -1.43. The summed E-state index contributed by atoms with van der Waals surface area (Å²) in [4.78, 5) is 0.0416. The third-order valence-corrected chi connectivity index (χ3v) is 5.36. The molecule has 2 aromatic rings. The van der Waals surface area contributed by atoms with E-state index in [0.717, 1.165) is 0 Å². The first-order valence-electron chi connectivity index (χ1n) is 7.10. The third-order valence-electron chi connectivity index (χ3n) is 3.61. The maximum atomic E-state index is 14.9. The molecule has 0 unspecified atom stereocenters. The zero-order chi connectivity index (χ0) is 17.4. The van der Waals surface area contributed by atoms with Crippen LogP contribution in [0, 0.1) is 5.82 Å². The Labute approximate surface area is 141 Å². The smallest absolute Gasteiger partial charge is 0.214 e. The van der Waals surface area contributed by atoms with Crippen LogP contribution in [-0.4, -0.2) is 15.5 Å². The van der Waals surface area contributed by atoms with E-state index in [1.807, 2.05) is 20.8 Å². The lowest BCUT2D eigenvalue weighted by Crippen LogP contribution is -2.18. The Morgan fingerprint density at radius 2 is 1.74 bits per heavy atom. The van der Waals surface area contributed by atoms with E-state index in [0.29, 0.717) is 16.1 Å². The van der Waals surface area contributed by atoms with E-state index in [9.17, 15) is 12.8 Å². The van der Waals surface area contributed by atoms with Gasteiger partial charge in [-0.25, -0.2) is 17.5 Å². The Kier molecular flexibility index (Phi) is 4.85. The van der Waals surface area contributed by atoms with Crippen molar-refractivity contribution in [2.24, 2.45) is 0 Å². The van der Waals surface area contributed by atoms with Crippen molar-refractivity contribution in [1.82, 2.24) is 4.72 Å². The number of halogens is 2. The standard InChI is InChI=1S/C17H19ClFNO2S/c1-17(2,3)14-7-5-6-12(16(14)19)13-10-11(8-9-15(13)18)23(21,22)20-4/h5-10,20H,1-4H3. The van der Waals surface area contributed by atoms with Crippen LogP contribution >= 0.6 is 11.6 Å². The van der Waals surface area contributed by atoms with Crippen molar-refractivity contribution in [3.63, 3.8) is 0 Å². The molecule has 124 valence electrons. The fraction of sp³-hybridized carbons (Fsp3) is 0.294. The van der Waals surface area contributed by atoms with Crippen molar-refractivity contribution in [2.75, 3.05) is 7.05 Å². The number of benzene rings is 2. The van der Waals surface area contributed by atoms with Gasteiger partial charge in [0.1, 0.15) is 5.82 Å². The molecule has 0 fully saturated rings. The summed E-state index contributed by atoms with van der Waals surface area (Å²) < 4.78 is 41.1. The molecular formula is C17H19ClFNO2S. The first-order chi connectivity index (χ1) is 10.6. The van der Waals surface area contributed by atoms with Gasteiger partial charge in [-0.2, -0.15) is 0 Å². The molecule has 0 aliphatic heterocycles. The maximum absolute atomic E-state index is 14.9.